The van der Waals surface area contributed by atoms with Crippen LogP contribution in [0.3, 0.4) is 0 Å². The fourth-order valence-electron chi connectivity index (χ4n) is 4.00. The standard InChI is InChI=1S/C19H35N5O3/c1-18(2,3)27-17(25)23-8-9-24-15(13-23)12-20-16(24)21-14-19(22(4)5)6-10-26-11-7-19/h15H,6-14H2,1-5H3,(H,20,21). The fraction of sp³-hybridized carbons (Fsp3) is 0.895. The molecular formula is C19H35N5O3. The van der Waals surface area contributed by atoms with Crippen LogP contribution in [0, 0.1) is 0 Å². The van der Waals surface area contributed by atoms with Gasteiger partial charge in [0.05, 0.1) is 12.6 Å². The Labute approximate surface area is 162 Å². The fourth-order valence-corrected chi connectivity index (χ4v) is 4.00. The molecule has 1 N–H and O–H groups in total. The van der Waals surface area contributed by atoms with Gasteiger partial charge >= 0.3 is 6.09 Å². The Morgan fingerprint density at radius 3 is 2.67 bits per heavy atom. The van der Waals surface area contributed by atoms with Crippen molar-refractivity contribution in [2.75, 3.05) is 60.0 Å². The van der Waals surface area contributed by atoms with E-state index in [-0.39, 0.29) is 17.7 Å². The summed E-state index contributed by atoms with van der Waals surface area (Å²) in [6.45, 7) is 11.0. The summed E-state index contributed by atoms with van der Waals surface area (Å²) >= 11 is 0. The highest BCUT2D eigenvalue weighted by Gasteiger charge is 2.39. The van der Waals surface area contributed by atoms with Crippen molar-refractivity contribution in [3.63, 3.8) is 0 Å². The van der Waals surface area contributed by atoms with Gasteiger partial charge in [-0.25, -0.2) is 4.79 Å². The smallest absolute Gasteiger partial charge is 0.410 e. The van der Waals surface area contributed by atoms with Gasteiger partial charge in [-0.05, 0) is 47.7 Å². The molecule has 3 aliphatic heterocycles. The summed E-state index contributed by atoms with van der Waals surface area (Å²) in [5, 5.41) is 3.60. The lowest BCUT2D eigenvalue weighted by Crippen LogP contribution is -2.60. The summed E-state index contributed by atoms with van der Waals surface area (Å²) in [6.07, 6.45) is 1.82. The maximum Gasteiger partial charge on any atom is 0.410 e. The molecule has 27 heavy (non-hydrogen) atoms. The van der Waals surface area contributed by atoms with Gasteiger partial charge in [-0.3, -0.25) is 4.99 Å². The summed E-state index contributed by atoms with van der Waals surface area (Å²) in [4.78, 5) is 23.5. The molecule has 2 fully saturated rings. The predicted molar refractivity (Wildman–Crippen MR) is 105 cm³/mol. The molecule has 0 radical (unpaired) electrons. The van der Waals surface area contributed by atoms with Gasteiger partial charge in [0.2, 0.25) is 0 Å². The van der Waals surface area contributed by atoms with Crippen LogP contribution in [0.25, 0.3) is 0 Å². The lowest BCUT2D eigenvalue weighted by Gasteiger charge is -2.44. The van der Waals surface area contributed by atoms with E-state index in [1.54, 1.807) is 0 Å². The second-order valence-electron chi connectivity index (χ2n) is 9.02. The van der Waals surface area contributed by atoms with Gasteiger partial charge in [-0.2, -0.15) is 0 Å². The molecule has 0 aromatic heterocycles. The van der Waals surface area contributed by atoms with Crippen LogP contribution < -0.4 is 5.32 Å². The van der Waals surface area contributed by atoms with Gasteiger partial charge in [-0.15, -0.1) is 0 Å². The Hall–Kier alpha value is -1.54. The molecule has 0 aromatic rings. The van der Waals surface area contributed by atoms with Crippen LogP contribution in [0.2, 0.25) is 0 Å². The molecule has 1 atom stereocenters. The minimum atomic E-state index is -0.461. The van der Waals surface area contributed by atoms with Crippen molar-refractivity contribution < 1.29 is 14.3 Å². The van der Waals surface area contributed by atoms with E-state index in [4.69, 9.17) is 14.5 Å². The van der Waals surface area contributed by atoms with Gasteiger partial charge in [0, 0.05) is 44.9 Å². The molecular weight excluding hydrogens is 346 g/mol. The Morgan fingerprint density at radius 1 is 1.33 bits per heavy atom. The summed E-state index contributed by atoms with van der Waals surface area (Å²) in [6, 6.07) is 0.235. The summed E-state index contributed by atoms with van der Waals surface area (Å²) in [7, 11) is 4.29. The number of aliphatic imine (C=N–C) groups is 1. The van der Waals surface area contributed by atoms with Crippen molar-refractivity contribution in [2.24, 2.45) is 4.99 Å². The molecule has 8 nitrogen and oxygen atoms in total. The van der Waals surface area contributed by atoms with Gasteiger partial charge < -0.3 is 29.5 Å². The van der Waals surface area contributed by atoms with Crippen LogP contribution >= 0.6 is 0 Å². The number of piperazine rings is 1. The first-order valence-corrected chi connectivity index (χ1v) is 9.98. The molecule has 3 heterocycles. The highest BCUT2D eigenvalue weighted by atomic mass is 16.6. The van der Waals surface area contributed by atoms with Gasteiger partial charge in [0.1, 0.15) is 5.60 Å². The van der Waals surface area contributed by atoms with Gasteiger partial charge in [-0.1, -0.05) is 0 Å². The number of hydrogen-bond donors (Lipinski definition) is 1. The summed E-state index contributed by atoms with van der Waals surface area (Å²) < 4.78 is 11.1. The first-order chi connectivity index (χ1) is 12.7. The van der Waals surface area contributed by atoms with E-state index >= 15 is 0 Å². The van der Waals surface area contributed by atoms with Crippen LogP contribution in [-0.4, -0.2) is 104 Å². The zero-order valence-corrected chi connectivity index (χ0v) is 17.5. The average Bonchev–Trinajstić information content (AvgIpc) is 3.01. The normalized spacial score (nSPS) is 25.3. The molecule has 1 unspecified atom stereocenters. The molecule has 0 bridgehead atoms. The second kappa shape index (κ2) is 7.83. The Balaban J connectivity index is 1.54. The molecule has 0 aliphatic carbocycles. The number of fused-ring (bicyclic) bond motifs is 1. The molecule has 8 heteroatoms. The molecule has 0 saturated carbocycles. The highest BCUT2D eigenvalue weighted by molar-refractivity contribution is 5.82. The third-order valence-electron chi connectivity index (χ3n) is 5.81. The third-order valence-corrected chi connectivity index (χ3v) is 5.81. The van der Waals surface area contributed by atoms with Crippen molar-refractivity contribution in [3.8, 4) is 0 Å². The SMILES string of the molecule is CN(C)C1(CNC2=NCC3CN(C(=O)OC(C)(C)C)CCN23)CCOCC1. The lowest BCUT2D eigenvalue weighted by molar-refractivity contribution is -0.00550. The number of guanidine groups is 1. The summed E-state index contributed by atoms with van der Waals surface area (Å²) in [5.74, 6) is 0.969. The van der Waals surface area contributed by atoms with Crippen molar-refractivity contribution in [2.45, 2.75) is 50.8 Å². The molecule has 0 spiro atoms. The van der Waals surface area contributed by atoms with E-state index in [1.165, 1.54) is 0 Å². The Kier molecular flexibility index (Phi) is 5.86. The zero-order chi connectivity index (χ0) is 19.7. The summed E-state index contributed by atoms with van der Waals surface area (Å²) in [5.41, 5.74) is -0.353. The number of rotatable bonds is 3. The van der Waals surface area contributed by atoms with Crippen molar-refractivity contribution in [1.29, 1.82) is 0 Å². The molecule has 0 aromatic carbocycles. The third kappa shape index (κ3) is 4.66. The molecule has 2 saturated heterocycles. The van der Waals surface area contributed by atoms with Crippen LogP contribution in [0.15, 0.2) is 4.99 Å². The Morgan fingerprint density at radius 2 is 2.04 bits per heavy atom. The average molecular weight is 382 g/mol. The Bertz CT molecular complexity index is 566. The number of carbonyl (C=O) groups is 1. The maximum atomic E-state index is 12.3. The number of amides is 1. The highest BCUT2D eigenvalue weighted by Crippen LogP contribution is 2.26. The quantitative estimate of drug-likeness (QED) is 0.786. The van der Waals surface area contributed by atoms with Crippen molar-refractivity contribution >= 4 is 12.1 Å². The van der Waals surface area contributed by atoms with E-state index < -0.39 is 5.60 Å². The topological polar surface area (TPSA) is 69.6 Å². The molecule has 154 valence electrons. The monoisotopic (exact) mass is 381 g/mol. The van der Waals surface area contributed by atoms with E-state index in [0.29, 0.717) is 13.1 Å². The molecule has 3 rings (SSSR count). The minimum absolute atomic E-state index is 0.108. The lowest BCUT2D eigenvalue weighted by atomic mass is 9.88. The number of nitrogens with zero attached hydrogens (tertiary/aromatic N) is 4. The first-order valence-electron chi connectivity index (χ1n) is 9.98. The predicted octanol–water partition coefficient (Wildman–Crippen LogP) is 0.978. The molecule has 1 amide bonds. The number of carbonyl (C=O) groups excluding carboxylic acids is 1. The van der Waals surface area contributed by atoms with Crippen LogP contribution in [0.1, 0.15) is 33.6 Å². The van der Waals surface area contributed by atoms with Crippen LogP contribution in [0.4, 0.5) is 4.79 Å². The second-order valence-corrected chi connectivity index (χ2v) is 9.02. The van der Waals surface area contributed by atoms with Gasteiger partial charge in [0.25, 0.3) is 0 Å². The van der Waals surface area contributed by atoms with E-state index in [0.717, 1.165) is 51.6 Å². The maximum absolute atomic E-state index is 12.3. The van der Waals surface area contributed by atoms with Crippen molar-refractivity contribution in [3.05, 3.63) is 0 Å². The number of nitrogens with one attached hydrogen (secondary N) is 1. The van der Waals surface area contributed by atoms with Crippen LogP contribution in [-0.2, 0) is 9.47 Å². The van der Waals surface area contributed by atoms with E-state index in [9.17, 15) is 4.79 Å². The number of hydrogen-bond acceptors (Lipinski definition) is 7. The number of ether oxygens (including phenoxy) is 2. The molecule has 3 aliphatic rings. The number of likely N-dealkylation sites (N-methyl/N-ethyl adjacent to an activating group) is 1. The van der Waals surface area contributed by atoms with Crippen LogP contribution in [0.5, 0.6) is 0 Å². The minimum Gasteiger partial charge on any atom is -0.444 e. The first kappa shape index (κ1) is 20.2. The zero-order valence-electron chi connectivity index (χ0n) is 17.5. The van der Waals surface area contributed by atoms with E-state index in [2.05, 4.69) is 29.2 Å². The van der Waals surface area contributed by atoms with E-state index in [1.807, 2.05) is 25.7 Å². The largest absolute Gasteiger partial charge is 0.444 e. The van der Waals surface area contributed by atoms with Crippen molar-refractivity contribution in [1.82, 2.24) is 20.0 Å². The van der Waals surface area contributed by atoms with Gasteiger partial charge in [0.15, 0.2) is 5.96 Å².